The van der Waals surface area contributed by atoms with Crippen LogP contribution in [0.3, 0.4) is 0 Å². The van der Waals surface area contributed by atoms with Crippen LogP contribution in [-0.2, 0) is 9.84 Å². The van der Waals surface area contributed by atoms with E-state index < -0.39 is 9.84 Å². The molecule has 0 heterocycles. The van der Waals surface area contributed by atoms with Gasteiger partial charge in [0, 0.05) is 5.33 Å². The van der Waals surface area contributed by atoms with Crippen LogP contribution in [0, 0.1) is 0 Å². The zero-order valence-corrected chi connectivity index (χ0v) is 7.86. The maximum Gasteiger partial charge on any atom is 0.154 e. The second-order valence-electron chi connectivity index (χ2n) is 1.30. The molecule has 2 nitrogen and oxygen atoms in total. The second kappa shape index (κ2) is 3.80. The first kappa shape index (κ1) is 8.86. The van der Waals surface area contributed by atoms with Crippen molar-refractivity contribution in [1.29, 1.82) is 0 Å². The average Bonchev–Trinajstić information content (AvgIpc) is 1.67. The van der Waals surface area contributed by atoms with Crippen LogP contribution in [0.5, 0.6) is 0 Å². The molecule has 0 N–H and O–H groups in total. The molecule has 1 atom stereocenters. The Hall–Kier alpha value is 0.860. The Kier molecular flexibility index (Phi) is 4.21. The van der Waals surface area contributed by atoms with E-state index in [0.29, 0.717) is 5.33 Å². The van der Waals surface area contributed by atoms with Crippen LogP contribution < -0.4 is 0 Å². The fourth-order valence-electron chi connectivity index (χ4n) is 0.201. The number of alkyl halides is 1. The van der Waals surface area contributed by atoms with E-state index in [9.17, 15) is 8.42 Å². The summed E-state index contributed by atoms with van der Waals surface area (Å²) in [4.78, 5) is 0. The van der Waals surface area contributed by atoms with E-state index in [4.69, 9.17) is 0 Å². The normalized spacial score (nSPS) is 11.8. The van der Waals surface area contributed by atoms with Gasteiger partial charge in [-0.1, -0.05) is 15.9 Å². The van der Waals surface area contributed by atoms with E-state index in [2.05, 4.69) is 25.2 Å². The summed E-state index contributed by atoms with van der Waals surface area (Å²) in [6.45, 7) is 0. The van der Waals surface area contributed by atoms with Crippen LogP contribution in [0.2, 0.25) is 0 Å². The van der Waals surface area contributed by atoms with E-state index in [1.54, 1.807) is 0 Å². The first-order chi connectivity index (χ1) is 3.62. The maximum atomic E-state index is 10.5. The van der Waals surface area contributed by atoms with Crippen molar-refractivity contribution >= 4 is 35.0 Å². The van der Waals surface area contributed by atoms with Crippen molar-refractivity contribution in [2.24, 2.45) is 0 Å². The molecule has 5 heteroatoms. The quantitative estimate of drug-likeness (QED) is 0.515. The summed E-state index contributed by atoms with van der Waals surface area (Å²) in [5.74, 6) is 0.233. The molecule has 0 spiro atoms. The highest BCUT2D eigenvalue weighted by atomic mass is 79.9. The molecule has 0 saturated heterocycles. The first-order valence-corrected chi connectivity index (χ1v) is 5.85. The van der Waals surface area contributed by atoms with E-state index >= 15 is 0 Å². The molecule has 0 rings (SSSR count). The van der Waals surface area contributed by atoms with Gasteiger partial charge in [0.25, 0.3) is 0 Å². The Bertz CT molecular complexity index is 141. The van der Waals surface area contributed by atoms with Crippen LogP contribution >= 0.6 is 25.2 Å². The second-order valence-corrected chi connectivity index (χ2v) is 5.33. The molecular formula is C3H8BrO2PS. The van der Waals surface area contributed by atoms with Gasteiger partial charge in [-0.25, -0.2) is 8.42 Å². The van der Waals surface area contributed by atoms with Crippen LogP contribution in [0.25, 0.3) is 0 Å². The van der Waals surface area contributed by atoms with Gasteiger partial charge in [-0.2, -0.15) is 0 Å². The molecular weight excluding hydrogens is 211 g/mol. The summed E-state index contributed by atoms with van der Waals surface area (Å²) < 4.78 is 21.1. The fraction of sp³-hybridized carbons (Fsp3) is 1.00. The molecule has 0 bridgehead atoms. The monoisotopic (exact) mass is 218 g/mol. The highest BCUT2D eigenvalue weighted by molar-refractivity contribution is 9.09. The van der Waals surface area contributed by atoms with Crippen molar-refractivity contribution in [3.05, 3.63) is 0 Å². The van der Waals surface area contributed by atoms with E-state index in [1.165, 1.54) is 0 Å². The zero-order chi connectivity index (χ0) is 6.62. The minimum atomic E-state index is -2.75. The number of hydrogen-bond donors (Lipinski definition) is 0. The molecule has 0 aliphatic rings. The molecule has 8 heavy (non-hydrogen) atoms. The predicted molar refractivity (Wildman–Crippen MR) is 42.2 cm³/mol. The number of hydrogen-bond acceptors (Lipinski definition) is 2. The Balaban J connectivity index is 3.76. The number of halogens is 1. The lowest BCUT2D eigenvalue weighted by atomic mass is 11.0. The lowest BCUT2D eigenvalue weighted by molar-refractivity contribution is 0.602. The van der Waals surface area contributed by atoms with Gasteiger partial charge in [0.15, 0.2) is 9.84 Å². The van der Waals surface area contributed by atoms with Gasteiger partial charge in [-0.3, -0.25) is 0 Å². The van der Waals surface area contributed by atoms with Gasteiger partial charge in [0.05, 0.1) is 11.2 Å². The Morgan fingerprint density at radius 3 is 2.12 bits per heavy atom. The maximum absolute atomic E-state index is 10.5. The van der Waals surface area contributed by atoms with Gasteiger partial charge in [0.1, 0.15) is 0 Å². The molecule has 1 unspecified atom stereocenters. The largest absolute Gasteiger partial charge is 0.228 e. The highest BCUT2D eigenvalue weighted by Gasteiger charge is 2.03. The van der Waals surface area contributed by atoms with E-state index in [0.717, 1.165) is 0 Å². The zero-order valence-electron chi connectivity index (χ0n) is 4.30. The topological polar surface area (TPSA) is 34.1 Å². The van der Waals surface area contributed by atoms with Crippen molar-refractivity contribution in [3.8, 4) is 0 Å². The van der Waals surface area contributed by atoms with Crippen molar-refractivity contribution < 1.29 is 8.42 Å². The van der Waals surface area contributed by atoms with E-state index in [1.807, 2.05) is 0 Å². The van der Waals surface area contributed by atoms with Crippen molar-refractivity contribution in [1.82, 2.24) is 0 Å². The van der Waals surface area contributed by atoms with Gasteiger partial charge in [-0.05, 0) is 0 Å². The summed E-state index contributed by atoms with van der Waals surface area (Å²) in [7, 11) is -0.564. The highest BCUT2D eigenvalue weighted by Crippen LogP contribution is 1.96. The molecule has 0 aromatic heterocycles. The molecule has 0 amide bonds. The standard InChI is InChI=1S/C3H8BrO2PS/c4-1-2-8(5,6)3-7/h1-3,7H2. The summed E-state index contributed by atoms with van der Waals surface area (Å²) in [5, 5.41) is 0.531. The van der Waals surface area contributed by atoms with Gasteiger partial charge >= 0.3 is 0 Å². The summed E-state index contributed by atoms with van der Waals surface area (Å²) in [5.41, 5.74) is 0.165. The molecule has 0 aliphatic carbocycles. The summed E-state index contributed by atoms with van der Waals surface area (Å²) in [6.07, 6.45) is 0. The molecule has 0 aromatic carbocycles. The minimum Gasteiger partial charge on any atom is -0.228 e. The smallest absolute Gasteiger partial charge is 0.154 e. The molecule has 50 valence electrons. The Labute approximate surface area is 60.3 Å². The average molecular weight is 219 g/mol. The third-order valence-electron chi connectivity index (χ3n) is 0.642. The third kappa shape index (κ3) is 3.81. The number of sulfone groups is 1. The SMILES string of the molecule is O=S(=O)(CP)CCBr. The summed E-state index contributed by atoms with van der Waals surface area (Å²) in [6, 6.07) is 0. The lowest BCUT2D eigenvalue weighted by Crippen LogP contribution is -2.07. The third-order valence-corrected chi connectivity index (χ3v) is 4.42. The van der Waals surface area contributed by atoms with Crippen molar-refractivity contribution in [2.75, 3.05) is 16.6 Å². The van der Waals surface area contributed by atoms with Crippen LogP contribution in [0.4, 0.5) is 0 Å². The van der Waals surface area contributed by atoms with Gasteiger partial charge in [-0.15, -0.1) is 9.24 Å². The van der Waals surface area contributed by atoms with E-state index in [-0.39, 0.29) is 11.2 Å². The van der Waals surface area contributed by atoms with Crippen LogP contribution in [0.15, 0.2) is 0 Å². The first-order valence-electron chi connectivity index (χ1n) is 2.09. The Morgan fingerprint density at radius 2 is 2.00 bits per heavy atom. The van der Waals surface area contributed by atoms with Crippen molar-refractivity contribution in [3.63, 3.8) is 0 Å². The van der Waals surface area contributed by atoms with Crippen LogP contribution in [0.1, 0.15) is 0 Å². The molecule has 0 aliphatic heterocycles. The molecule has 0 fully saturated rings. The fourth-order valence-corrected chi connectivity index (χ4v) is 2.58. The van der Waals surface area contributed by atoms with Gasteiger partial charge in [0.2, 0.25) is 0 Å². The molecule has 0 radical (unpaired) electrons. The molecule has 0 aromatic rings. The van der Waals surface area contributed by atoms with Crippen molar-refractivity contribution in [2.45, 2.75) is 0 Å². The predicted octanol–water partition coefficient (Wildman–Crippen LogP) is 0.629. The number of rotatable bonds is 3. The van der Waals surface area contributed by atoms with Gasteiger partial charge < -0.3 is 0 Å². The summed E-state index contributed by atoms with van der Waals surface area (Å²) >= 11 is 3.04. The van der Waals surface area contributed by atoms with Crippen LogP contribution in [-0.4, -0.2) is 25.0 Å². The molecule has 0 saturated carbocycles. The lowest BCUT2D eigenvalue weighted by Gasteiger charge is -1.92. The minimum absolute atomic E-state index is 0.165. The Morgan fingerprint density at radius 1 is 1.50 bits per heavy atom.